The predicted molar refractivity (Wildman–Crippen MR) is 77.8 cm³/mol. The van der Waals surface area contributed by atoms with Crippen LogP contribution < -0.4 is 11.3 Å². The van der Waals surface area contributed by atoms with E-state index in [2.05, 4.69) is 40.4 Å². The van der Waals surface area contributed by atoms with Crippen LogP contribution in [0.4, 0.5) is 0 Å². The standard InChI is InChI=1S/C14H22N6/c1-11(2)20-14(17-10-18-20)8-13(19-15)6-5-12-4-3-7-16-9-12/h3-4,7,9-11,13,19H,5-6,8,15H2,1-2H3. The first-order valence-corrected chi connectivity index (χ1v) is 6.94. The topological polar surface area (TPSA) is 81.7 Å². The Morgan fingerprint density at radius 2 is 2.25 bits per heavy atom. The van der Waals surface area contributed by atoms with Crippen LogP contribution in [-0.2, 0) is 12.8 Å². The van der Waals surface area contributed by atoms with Crippen molar-refractivity contribution in [2.24, 2.45) is 5.84 Å². The van der Waals surface area contributed by atoms with Crippen molar-refractivity contribution in [3.8, 4) is 0 Å². The van der Waals surface area contributed by atoms with Crippen molar-refractivity contribution in [1.29, 1.82) is 0 Å². The molecule has 108 valence electrons. The molecule has 0 aliphatic heterocycles. The van der Waals surface area contributed by atoms with Crippen LogP contribution >= 0.6 is 0 Å². The smallest absolute Gasteiger partial charge is 0.138 e. The van der Waals surface area contributed by atoms with Crippen molar-refractivity contribution in [3.63, 3.8) is 0 Å². The highest BCUT2D eigenvalue weighted by molar-refractivity contribution is 5.08. The maximum atomic E-state index is 5.66. The number of aryl methyl sites for hydroxylation is 1. The summed E-state index contributed by atoms with van der Waals surface area (Å²) < 4.78 is 1.94. The van der Waals surface area contributed by atoms with Gasteiger partial charge < -0.3 is 0 Å². The summed E-state index contributed by atoms with van der Waals surface area (Å²) in [6.07, 6.45) is 7.93. The monoisotopic (exact) mass is 274 g/mol. The molecule has 0 aliphatic carbocycles. The number of hydrogen-bond donors (Lipinski definition) is 2. The zero-order chi connectivity index (χ0) is 14.4. The Labute approximate surface area is 119 Å². The molecule has 0 amide bonds. The highest BCUT2D eigenvalue weighted by atomic mass is 15.3. The van der Waals surface area contributed by atoms with E-state index in [9.17, 15) is 0 Å². The van der Waals surface area contributed by atoms with Crippen molar-refractivity contribution in [2.45, 2.75) is 45.2 Å². The van der Waals surface area contributed by atoms with Crippen molar-refractivity contribution in [3.05, 3.63) is 42.2 Å². The molecule has 0 aliphatic rings. The van der Waals surface area contributed by atoms with Crippen LogP contribution in [0.15, 0.2) is 30.9 Å². The Kier molecular flexibility index (Phi) is 5.20. The summed E-state index contributed by atoms with van der Waals surface area (Å²) in [4.78, 5) is 8.45. The van der Waals surface area contributed by atoms with Gasteiger partial charge in [0.25, 0.3) is 0 Å². The second-order valence-corrected chi connectivity index (χ2v) is 5.18. The van der Waals surface area contributed by atoms with E-state index in [1.807, 2.05) is 16.9 Å². The van der Waals surface area contributed by atoms with Gasteiger partial charge in [0, 0.05) is 30.9 Å². The third-order valence-electron chi connectivity index (χ3n) is 3.31. The predicted octanol–water partition coefficient (Wildman–Crippen LogP) is 1.26. The van der Waals surface area contributed by atoms with E-state index >= 15 is 0 Å². The molecular weight excluding hydrogens is 252 g/mol. The Morgan fingerprint density at radius 3 is 2.90 bits per heavy atom. The molecule has 6 nitrogen and oxygen atoms in total. The summed E-state index contributed by atoms with van der Waals surface area (Å²) in [5, 5.41) is 4.25. The lowest BCUT2D eigenvalue weighted by Crippen LogP contribution is -2.38. The SMILES string of the molecule is CC(C)n1ncnc1CC(CCc1cccnc1)NN. The fraction of sp³-hybridized carbons (Fsp3) is 0.500. The Morgan fingerprint density at radius 1 is 1.40 bits per heavy atom. The largest absolute Gasteiger partial charge is 0.271 e. The molecule has 0 saturated heterocycles. The van der Waals surface area contributed by atoms with Gasteiger partial charge in [-0.25, -0.2) is 9.67 Å². The molecular formula is C14H22N6. The van der Waals surface area contributed by atoms with E-state index in [0.29, 0.717) is 6.04 Å². The molecule has 2 aromatic heterocycles. The van der Waals surface area contributed by atoms with E-state index in [1.165, 1.54) is 5.56 Å². The molecule has 3 N–H and O–H groups in total. The van der Waals surface area contributed by atoms with Crippen molar-refractivity contribution < 1.29 is 0 Å². The molecule has 6 heteroatoms. The van der Waals surface area contributed by atoms with E-state index in [0.717, 1.165) is 25.1 Å². The van der Waals surface area contributed by atoms with Crippen molar-refractivity contribution in [1.82, 2.24) is 25.2 Å². The number of rotatable bonds is 7. The molecule has 2 rings (SSSR count). The molecule has 0 bridgehead atoms. The first-order chi connectivity index (χ1) is 9.70. The number of pyridine rings is 1. The van der Waals surface area contributed by atoms with Gasteiger partial charge in [0.1, 0.15) is 12.2 Å². The third kappa shape index (κ3) is 3.85. The maximum Gasteiger partial charge on any atom is 0.138 e. The molecule has 0 fully saturated rings. The lowest BCUT2D eigenvalue weighted by molar-refractivity contribution is 0.444. The van der Waals surface area contributed by atoms with Gasteiger partial charge in [0.15, 0.2) is 0 Å². The van der Waals surface area contributed by atoms with Gasteiger partial charge in [-0.2, -0.15) is 5.10 Å². The van der Waals surface area contributed by atoms with Gasteiger partial charge in [0.05, 0.1) is 0 Å². The lowest BCUT2D eigenvalue weighted by Gasteiger charge is -2.17. The van der Waals surface area contributed by atoms with Gasteiger partial charge in [-0.3, -0.25) is 16.3 Å². The van der Waals surface area contributed by atoms with Crippen LogP contribution in [0.1, 0.15) is 37.7 Å². The van der Waals surface area contributed by atoms with Gasteiger partial charge >= 0.3 is 0 Å². The summed E-state index contributed by atoms with van der Waals surface area (Å²) >= 11 is 0. The minimum Gasteiger partial charge on any atom is -0.271 e. The summed E-state index contributed by atoms with van der Waals surface area (Å²) in [6.45, 7) is 4.19. The summed E-state index contributed by atoms with van der Waals surface area (Å²) in [5.41, 5.74) is 4.10. The Balaban J connectivity index is 1.93. The van der Waals surface area contributed by atoms with E-state index in [1.54, 1.807) is 12.5 Å². The first-order valence-electron chi connectivity index (χ1n) is 6.94. The fourth-order valence-electron chi connectivity index (χ4n) is 2.20. The minimum absolute atomic E-state index is 0.178. The molecule has 0 saturated carbocycles. The van der Waals surface area contributed by atoms with Crippen LogP contribution in [0.3, 0.4) is 0 Å². The van der Waals surface area contributed by atoms with Gasteiger partial charge in [-0.1, -0.05) is 6.07 Å². The van der Waals surface area contributed by atoms with Gasteiger partial charge in [0.2, 0.25) is 0 Å². The van der Waals surface area contributed by atoms with E-state index in [-0.39, 0.29) is 6.04 Å². The normalized spacial score (nSPS) is 12.8. The Hall–Kier alpha value is -1.79. The van der Waals surface area contributed by atoms with Crippen LogP contribution in [0.2, 0.25) is 0 Å². The molecule has 1 unspecified atom stereocenters. The van der Waals surface area contributed by atoms with Crippen LogP contribution in [-0.4, -0.2) is 25.8 Å². The highest BCUT2D eigenvalue weighted by Crippen LogP contribution is 2.10. The number of nitrogens with two attached hydrogens (primary N) is 1. The molecule has 0 spiro atoms. The number of aromatic nitrogens is 4. The van der Waals surface area contributed by atoms with Crippen LogP contribution in [0.25, 0.3) is 0 Å². The number of hydrogen-bond acceptors (Lipinski definition) is 5. The molecule has 0 radical (unpaired) electrons. The second kappa shape index (κ2) is 7.12. The second-order valence-electron chi connectivity index (χ2n) is 5.18. The minimum atomic E-state index is 0.178. The van der Waals surface area contributed by atoms with E-state index in [4.69, 9.17) is 5.84 Å². The Bertz CT molecular complexity index is 507. The molecule has 20 heavy (non-hydrogen) atoms. The third-order valence-corrected chi connectivity index (χ3v) is 3.31. The summed E-state index contributed by atoms with van der Waals surface area (Å²) in [7, 11) is 0. The zero-order valence-corrected chi connectivity index (χ0v) is 12.0. The quantitative estimate of drug-likeness (QED) is 0.587. The molecule has 0 aromatic carbocycles. The van der Waals surface area contributed by atoms with Crippen LogP contribution in [0.5, 0.6) is 0 Å². The van der Waals surface area contributed by atoms with Gasteiger partial charge in [-0.05, 0) is 38.3 Å². The highest BCUT2D eigenvalue weighted by Gasteiger charge is 2.14. The van der Waals surface area contributed by atoms with Crippen molar-refractivity contribution in [2.75, 3.05) is 0 Å². The summed E-state index contributed by atoms with van der Waals surface area (Å²) in [5.74, 6) is 6.62. The first kappa shape index (κ1) is 14.6. The number of nitrogens with one attached hydrogen (secondary N) is 1. The van der Waals surface area contributed by atoms with Crippen molar-refractivity contribution >= 4 is 0 Å². The van der Waals surface area contributed by atoms with Gasteiger partial charge in [-0.15, -0.1) is 0 Å². The zero-order valence-electron chi connectivity index (χ0n) is 12.0. The van der Waals surface area contributed by atoms with E-state index < -0.39 is 0 Å². The number of hydrazine groups is 1. The molecule has 1 atom stereocenters. The lowest BCUT2D eigenvalue weighted by atomic mass is 10.0. The average Bonchev–Trinajstić information content (AvgIpc) is 2.93. The molecule has 2 heterocycles. The summed E-state index contributed by atoms with van der Waals surface area (Å²) in [6, 6.07) is 4.52. The number of nitrogens with zero attached hydrogens (tertiary/aromatic N) is 4. The fourth-order valence-corrected chi connectivity index (χ4v) is 2.20. The van der Waals surface area contributed by atoms with Crippen LogP contribution in [0, 0.1) is 0 Å². The maximum absolute atomic E-state index is 5.66. The molecule has 2 aromatic rings. The average molecular weight is 274 g/mol.